The normalized spacial score (nSPS) is 14.1. The van der Waals surface area contributed by atoms with Crippen LogP contribution in [0, 0.1) is 19.8 Å². The maximum atomic E-state index is 12.2. The van der Waals surface area contributed by atoms with Crippen molar-refractivity contribution in [3.8, 4) is 0 Å². The van der Waals surface area contributed by atoms with Gasteiger partial charge < -0.3 is 10.6 Å². The zero-order valence-electron chi connectivity index (χ0n) is 13.9. The molecule has 2 amide bonds. The third-order valence-electron chi connectivity index (χ3n) is 4.32. The Morgan fingerprint density at radius 2 is 1.92 bits per heavy atom. The maximum Gasteiger partial charge on any atom is 0.246 e. The number of aryl methyl sites for hydroxylation is 2. The van der Waals surface area contributed by atoms with E-state index < -0.39 is 0 Å². The molecule has 0 spiro atoms. The molecule has 2 aromatic rings. The van der Waals surface area contributed by atoms with Crippen molar-refractivity contribution < 1.29 is 9.59 Å². The van der Waals surface area contributed by atoms with Gasteiger partial charge in [-0.2, -0.15) is 0 Å². The van der Waals surface area contributed by atoms with Crippen LogP contribution in [0.5, 0.6) is 0 Å². The van der Waals surface area contributed by atoms with Gasteiger partial charge in [-0.05, 0) is 37.8 Å². The topological polar surface area (TPSA) is 88.9 Å². The molecule has 1 fully saturated rings. The van der Waals surface area contributed by atoms with Gasteiger partial charge in [-0.3, -0.25) is 9.59 Å². The van der Waals surface area contributed by atoms with Gasteiger partial charge in [-0.1, -0.05) is 29.8 Å². The molecule has 0 aliphatic heterocycles. The van der Waals surface area contributed by atoms with E-state index in [1.54, 1.807) is 6.20 Å². The van der Waals surface area contributed by atoms with E-state index in [1.807, 2.05) is 32.0 Å². The third-order valence-corrected chi connectivity index (χ3v) is 4.32. The number of carbonyl (C=O) groups is 2. The van der Waals surface area contributed by atoms with Crippen LogP contribution in [0.4, 0.5) is 11.5 Å². The van der Waals surface area contributed by atoms with Crippen molar-refractivity contribution in [2.45, 2.75) is 39.7 Å². The molecule has 3 rings (SSSR count). The van der Waals surface area contributed by atoms with Crippen molar-refractivity contribution in [1.82, 2.24) is 15.0 Å². The minimum atomic E-state index is -0.186. The highest BCUT2D eigenvalue weighted by molar-refractivity contribution is 5.93. The van der Waals surface area contributed by atoms with Gasteiger partial charge in [-0.25, -0.2) is 4.68 Å². The van der Waals surface area contributed by atoms with Crippen molar-refractivity contribution in [3.05, 3.63) is 35.5 Å². The van der Waals surface area contributed by atoms with E-state index in [0.29, 0.717) is 5.82 Å². The molecule has 0 atom stereocenters. The minimum absolute atomic E-state index is 0.0201. The lowest BCUT2D eigenvalue weighted by molar-refractivity contribution is -0.122. The lowest BCUT2D eigenvalue weighted by atomic mass is 9.85. The van der Waals surface area contributed by atoms with Crippen molar-refractivity contribution >= 4 is 23.3 Å². The summed E-state index contributed by atoms with van der Waals surface area (Å²) in [5, 5.41) is 13.4. The number of benzene rings is 1. The summed E-state index contributed by atoms with van der Waals surface area (Å²) in [4.78, 5) is 24.1. The van der Waals surface area contributed by atoms with Crippen LogP contribution in [0.25, 0.3) is 0 Å². The highest BCUT2D eigenvalue weighted by Crippen LogP contribution is 2.27. The number of hydrogen-bond donors (Lipinski definition) is 2. The summed E-state index contributed by atoms with van der Waals surface area (Å²) in [6, 6.07) is 5.85. The Morgan fingerprint density at radius 1 is 1.21 bits per heavy atom. The lowest BCUT2D eigenvalue weighted by Gasteiger charge is -2.23. The molecule has 0 radical (unpaired) electrons. The Kier molecular flexibility index (Phi) is 4.59. The molecule has 1 aliphatic rings. The summed E-state index contributed by atoms with van der Waals surface area (Å²) in [7, 11) is 0. The standard InChI is InChI=1S/C17H21N5O2/c1-11-5-3-6-12(2)16(11)19-15(23)10-22-9-14(20-21-22)18-17(24)13-7-4-8-13/h3,5-6,9,13H,4,7-8,10H2,1-2H3,(H,18,24)(H,19,23). The van der Waals surface area contributed by atoms with E-state index in [2.05, 4.69) is 20.9 Å². The van der Waals surface area contributed by atoms with Crippen molar-refractivity contribution in [2.24, 2.45) is 5.92 Å². The predicted molar refractivity (Wildman–Crippen MR) is 90.5 cm³/mol. The molecule has 2 N–H and O–H groups in total. The molecule has 7 nitrogen and oxygen atoms in total. The molecule has 126 valence electrons. The molecule has 0 bridgehead atoms. The fourth-order valence-electron chi connectivity index (χ4n) is 2.67. The molecule has 1 aromatic carbocycles. The smallest absolute Gasteiger partial charge is 0.246 e. The largest absolute Gasteiger partial charge is 0.324 e. The molecule has 0 unspecified atom stereocenters. The Bertz CT molecular complexity index is 744. The molecule has 7 heteroatoms. The molecular formula is C17H21N5O2. The first kappa shape index (κ1) is 16.2. The number of para-hydroxylation sites is 1. The number of nitrogens with one attached hydrogen (secondary N) is 2. The first-order valence-electron chi connectivity index (χ1n) is 8.10. The minimum Gasteiger partial charge on any atom is -0.324 e. The first-order valence-corrected chi connectivity index (χ1v) is 8.10. The van der Waals surface area contributed by atoms with E-state index in [4.69, 9.17) is 0 Å². The van der Waals surface area contributed by atoms with Crippen LogP contribution in [-0.4, -0.2) is 26.8 Å². The van der Waals surface area contributed by atoms with E-state index in [1.165, 1.54) is 4.68 Å². The van der Waals surface area contributed by atoms with E-state index >= 15 is 0 Å². The molecule has 1 aliphatic carbocycles. The van der Waals surface area contributed by atoms with Gasteiger partial charge >= 0.3 is 0 Å². The highest BCUT2D eigenvalue weighted by atomic mass is 16.2. The summed E-state index contributed by atoms with van der Waals surface area (Å²) in [6.45, 7) is 3.94. The van der Waals surface area contributed by atoms with Gasteiger partial charge in [0.2, 0.25) is 11.8 Å². The summed E-state index contributed by atoms with van der Waals surface area (Å²) in [5.41, 5.74) is 2.84. The van der Waals surface area contributed by atoms with Gasteiger partial charge in [0, 0.05) is 11.6 Å². The van der Waals surface area contributed by atoms with Crippen LogP contribution >= 0.6 is 0 Å². The van der Waals surface area contributed by atoms with Gasteiger partial charge in [0.05, 0.1) is 6.20 Å². The highest BCUT2D eigenvalue weighted by Gasteiger charge is 2.25. The maximum absolute atomic E-state index is 12.2. The number of rotatable bonds is 5. The molecule has 1 aromatic heterocycles. The summed E-state index contributed by atoms with van der Waals surface area (Å²) < 4.78 is 1.42. The van der Waals surface area contributed by atoms with Crippen LogP contribution in [-0.2, 0) is 16.1 Å². The van der Waals surface area contributed by atoms with Crippen LogP contribution < -0.4 is 10.6 Å². The van der Waals surface area contributed by atoms with Crippen molar-refractivity contribution in [3.63, 3.8) is 0 Å². The zero-order valence-corrected chi connectivity index (χ0v) is 13.9. The number of anilines is 2. The van der Waals surface area contributed by atoms with Crippen LogP contribution in [0.15, 0.2) is 24.4 Å². The van der Waals surface area contributed by atoms with Crippen LogP contribution in [0.2, 0.25) is 0 Å². The van der Waals surface area contributed by atoms with E-state index in [9.17, 15) is 9.59 Å². The average Bonchev–Trinajstić information content (AvgIpc) is 2.88. The molecule has 1 saturated carbocycles. The fourth-order valence-corrected chi connectivity index (χ4v) is 2.67. The summed E-state index contributed by atoms with van der Waals surface area (Å²) in [6.07, 6.45) is 4.53. The number of hydrogen-bond acceptors (Lipinski definition) is 4. The van der Waals surface area contributed by atoms with E-state index in [0.717, 1.165) is 36.1 Å². The Labute approximate surface area is 140 Å². The zero-order chi connectivity index (χ0) is 17.1. The Balaban J connectivity index is 1.58. The van der Waals surface area contributed by atoms with Crippen molar-refractivity contribution in [2.75, 3.05) is 10.6 Å². The Morgan fingerprint density at radius 3 is 2.54 bits per heavy atom. The SMILES string of the molecule is Cc1cccc(C)c1NC(=O)Cn1cc(NC(=O)C2CCC2)nn1. The summed E-state index contributed by atoms with van der Waals surface area (Å²) >= 11 is 0. The second kappa shape index (κ2) is 6.82. The molecular weight excluding hydrogens is 306 g/mol. The van der Waals surface area contributed by atoms with Gasteiger partial charge in [-0.15, -0.1) is 5.10 Å². The van der Waals surface area contributed by atoms with Crippen LogP contribution in [0.3, 0.4) is 0 Å². The van der Waals surface area contributed by atoms with E-state index in [-0.39, 0.29) is 24.3 Å². The second-order valence-corrected chi connectivity index (χ2v) is 6.23. The van der Waals surface area contributed by atoms with Crippen molar-refractivity contribution in [1.29, 1.82) is 0 Å². The molecule has 1 heterocycles. The Hall–Kier alpha value is -2.70. The van der Waals surface area contributed by atoms with Gasteiger partial charge in [0.1, 0.15) is 6.54 Å². The summed E-state index contributed by atoms with van der Waals surface area (Å²) in [5.74, 6) is 0.261. The molecule has 0 saturated heterocycles. The quantitative estimate of drug-likeness (QED) is 0.881. The van der Waals surface area contributed by atoms with Gasteiger partial charge in [0.15, 0.2) is 5.82 Å². The second-order valence-electron chi connectivity index (χ2n) is 6.23. The number of aromatic nitrogens is 3. The monoisotopic (exact) mass is 327 g/mol. The lowest BCUT2D eigenvalue weighted by Crippen LogP contribution is -2.28. The first-order chi connectivity index (χ1) is 11.5. The van der Waals surface area contributed by atoms with Gasteiger partial charge in [0.25, 0.3) is 0 Å². The number of nitrogens with zero attached hydrogens (tertiary/aromatic N) is 3. The van der Waals surface area contributed by atoms with Crippen LogP contribution in [0.1, 0.15) is 30.4 Å². The predicted octanol–water partition coefficient (Wildman–Crippen LogP) is 2.27. The molecule has 24 heavy (non-hydrogen) atoms. The number of amides is 2. The fraction of sp³-hybridized carbons (Fsp3) is 0.412. The average molecular weight is 327 g/mol. The third kappa shape index (κ3) is 3.61. The number of carbonyl (C=O) groups excluding carboxylic acids is 2.